The number of carbonyl (C=O) groups excluding carboxylic acids is 1. The fourth-order valence-electron chi connectivity index (χ4n) is 2.89. The van der Waals surface area contributed by atoms with E-state index in [1.54, 1.807) is 30.5 Å². The van der Waals surface area contributed by atoms with E-state index in [1.165, 1.54) is 23.7 Å². The standard InChI is InChI=1S/C22H21ClN2O5/c1-4-29-18-11-15(10-17(23)21(18)28-3)7-8-20(27)30-13-16-12-19(26)25-9-5-6-14(2)22(25)24-16/h5-12H,4,13H2,1-3H3/b8-7+. The van der Waals surface area contributed by atoms with E-state index in [4.69, 9.17) is 25.8 Å². The van der Waals surface area contributed by atoms with Crippen LogP contribution in [0.2, 0.25) is 5.02 Å². The van der Waals surface area contributed by atoms with Gasteiger partial charge >= 0.3 is 5.97 Å². The first kappa shape index (κ1) is 21.4. The molecule has 156 valence electrons. The first-order valence-corrected chi connectivity index (χ1v) is 9.63. The summed E-state index contributed by atoms with van der Waals surface area (Å²) >= 11 is 6.21. The van der Waals surface area contributed by atoms with Crippen molar-refractivity contribution in [2.75, 3.05) is 13.7 Å². The van der Waals surface area contributed by atoms with Crippen LogP contribution in [0.3, 0.4) is 0 Å². The zero-order valence-electron chi connectivity index (χ0n) is 16.8. The molecule has 0 saturated carbocycles. The molecule has 0 unspecified atom stereocenters. The number of pyridine rings is 1. The average molecular weight is 429 g/mol. The minimum absolute atomic E-state index is 0.114. The van der Waals surface area contributed by atoms with E-state index in [9.17, 15) is 9.59 Å². The molecule has 1 aromatic carbocycles. The Kier molecular flexibility index (Phi) is 6.74. The molecule has 0 spiro atoms. The molecule has 0 aliphatic carbocycles. The number of halogens is 1. The number of fused-ring (bicyclic) bond motifs is 1. The normalized spacial score (nSPS) is 11.1. The number of carbonyl (C=O) groups is 1. The van der Waals surface area contributed by atoms with Gasteiger partial charge in [-0.25, -0.2) is 9.78 Å². The number of nitrogens with zero attached hydrogens (tertiary/aromatic N) is 2. The van der Waals surface area contributed by atoms with Crippen LogP contribution in [0.4, 0.5) is 0 Å². The zero-order chi connectivity index (χ0) is 21.7. The smallest absolute Gasteiger partial charge is 0.331 e. The molecule has 30 heavy (non-hydrogen) atoms. The lowest BCUT2D eigenvalue weighted by Gasteiger charge is -2.11. The van der Waals surface area contributed by atoms with Gasteiger partial charge in [0, 0.05) is 18.3 Å². The van der Waals surface area contributed by atoms with Gasteiger partial charge in [-0.1, -0.05) is 17.7 Å². The van der Waals surface area contributed by atoms with Crippen LogP contribution < -0.4 is 15.0 Å². The average Bonchev–Trinajstić information content (AvgIpc) is 2.72. The molecule has 8 heteroatoms. The second-order valence-corrected chi connectivity index (χ2v) is 6.79. The van der Waals surface area contributed by atoms with Gasteiger partial charge in [-0.3, -0.25) is 9.20 Å². The maximum absolute atomic E-state index is 12.2. The van der Waals surface area contributed by atoms with E-state index in [1.807, 2.05) is 19.9 Å². The highest BCUT2D eigenvalue weighted by Crippen LogP contribution is 2.36. The maximum Gasteiger partial charge on any atom is 0.331 e. The molecule has 7 nitrogen and oxygen atoms in total. The summed E-state index contributed by atoms with van der Waals surface area (Å²) in [7, 11) is 1.50. The lowest BCUT2D eigenvalue weighted by molar-refractivity contribution is -0.139. The van der Waals surface area contributed by atoms with E-state index >= 15 is 0 Å². The number of methoxy groups -OCH3 is 1. The first-order chi connectivity index (χ1) is 14.4. The molecule has 2 aromatic heterocycles. The lowest BCUT2D eigenvalue weighted by atomic mass is 10.2. The van der Waals surface area contributed by atoms with Crippen molar-refractivity contribution < 1.29 is 19.0 Å². The molecule has 0 amide bonds. The Morgan fingerprint density at radius 2 is 2.10 bits per heavy atom. The third-order valence-electron chi connectivity index (χ3n) is 4.25. The Hall–Kier alpha value is -3.32. The highest BCUT2D eigenvalue weighted by atomic mass is 35.5. The van der Waals surface area contributed by atoms with Gasteiger partial charge in [0.2, 0.25) is 0 Å². The van der Waals surface area contributed by atoms with Crippen molar-refractivity contribution in [3.8, 4) is 11.5 Å². The van der Waals surface area contributed by atoms with Crippen LogP contribution in [0.25, 0.3) is 11.7 Å². The minimum atomic E-state index is -0.577. The van der Waals surface area contributed by atoms with Crippen LogP contribution in [-0.4, -0.2) is 29.1 Å². The molecule has 0 bridgehead atoms. The summed E-state index contributed by atoms with van der Waals surface area (Å²) in [5.74, 6) is 0.339. The van der Waals surface area contributed by atoms with Crippen molar-refractivity contribution >= 4 is 29.3 Å². The molecule has 0 radical (unpaired) electrons. The molecule has 0 aliphatic rings. The molecule has 0 saturated heterocycles. The molecule has 0 N–H and O–H groups in total. The summed E-state index contributed by atoms with van der Waals surface area (Å²) in [5, 5.41) is 0.368. The summed E-state index contributed by atoms with van der Waals surface area (Å²) < 4.78 is 17.4. The third-order valence-corrected chi connectivity index (χ3v) is 4.53. The Morgan fingerprint density at radius 3 is 2.83 bits per heavy atom. The largest absolute Gasteiger partial charge is 0.491 e. The fraction of sp³-hybridized carbons (Fsp3) is 0.227. The summed E-state index contributed by atoms with van der Waals surface area (Å²) in [6, 6.07) is 8.35. The Balaban J connectivity index is 1.72. The first-order valence-electron chi connectivity index (χ1n) is 9.26. The van der Waals surface area contributed by atoms with Crippen molar-refractivity contribution in [3.05, 3.63) is 74.8 Å². The highest BCUT2D eigenvalue weighted by molar-refractivity contribution is 6.32. The number of aryl methyl sites for hydroxylation is 1. The number of hydrogen-bond donors (Lipinski definition) is 0. The molecule has 0 aliphatic heterocycles. The third kappa shape index (κ3) is 4.80. The predicted octanol–water partition coefficient (Wildman–Crippen LogP) is 3.82. The Bertz CT molecular complexity index is 1170. The molecular formula is C22H21ClN2O5. The van der Waals surface area contributed by atoms with Crippen LogP contribution in [-0.2, 0) is 16.1 Å². The summed E-state index contributed by atoms with van der Waals surface area (Å²) in [5.41, 5.74) is 2.18. The summed E-state index contributed by atoms with van der Waals surface area (Å²) in [4.78, 5) is 28.7. The van der Waals surface area contributed by atoms with Gasteiger partial charge in [0.25, 0.3) is 5.56 Å². The number of esters is 1. The van der Waals surface area contributed by atoms with Crippen molar-refractivity contribution in [2.24, 2.45) is 0 Å². The van der Waals surface area contributed by atoms with E-state index in [0.717, 1.165) is 5.56 Å². The van der Waals surface area contributed by atoms with Gasteiger partial charge in [-0.05, 0) is 49.2 Å². The van der Waals surface area contributed by atoms with Crippen LogP contribution in [0.5, 0.6) is 11.5 Å². The molecular weight excluding hydrogens is 408 g/mol. The summed E-state index contributed by atoms with van der Waals surface area (Å²) in [6.45, 7) is 4.04. The number of benzene rings is 1. The van der Waals surface area contributed by atoms with Crippen LogP contribution >= 0.6 is 11.6 Å². The van der Waals surface area contributed by atoms with Crippen molar-refractivity contribution in [3.63, 3.8) is 0 Å². The highest BCUT2D eigenvalue weighted by Gasteiger charge is 2.11. The Morgan fingerprint density at radius 1 is 1.30 bits per heavy atom. The van der Waals surface area contributed by atoms with Crippen LogP contribution in [0.1, 0.15) is 23.7 Å². The molecule has 2 heterocycles. The SMILES string of the molecule is CCOc1cc(/C=C/C(=O)OCc2cc(=O)n3cccc(C)c3n2)cc(Cl)c1OC. The zero-order valence-corrected chi connectivity index (χ0v) is 17.6. The Labute approximate surface area is 178 Å². The van der Waals surface area contributed by atoms with E-state index in [-0.39, 0.29) is 12.2 Å². The summed E-state index contributed by atoms with van der Waals surface area (Å²) in [6.07, 6.45) is 4.47. The maximum atomic E-state index is 12.2. The molecule has 3 rings (SSSR count). The second kappa shape index (κ2) is 9.45. The molecule has 0 fully saturated rings. The number of hydrogen-bond acceptors (Lipinski definition) is 6. The number of aromatic nitrogens is 2. The van der Waals surface area contributed by atoms with E-state index in [2.05, 4.69) is 4.98 Å². The van der Waals surface area contributed by atoms with Crippen molar-refractivity contribution in [1.82, 2.24) is 9.38 Å². The van der Waals surface area contributed by atoms with E-state index < -0.39 is 5.97 Å². The van der Waals surface area contributed by atoms with Gasteiger partial charge in [0.05, 0.1) is 24.4 Å². The molecule has 0 atom stereocenters. The van der Waals surface area contributed by atoms with Gasteiger partial charge in [-0.15, -0.1) is 0 Å². The topological polar surface area (TPSA) is 79.1 Å². The monoisotopic (exact) mass is 428 g/mol. The number of rotatable bonds is 7. The fourth-order valence-corrected chi connectivity index (χ4v) is 3.18. The molecule has 3 aromatic rings. The minimum Gasteiger partial charge on any atom is -0.491 e. The second-order valence-electron chi connectivity index (χ2n) is 6.38. The van der Waals surface area contributed by atoms with Gasteiger partial charge in [-0.2, -0.15) is 0 Å². The van der Waals surface area contributed by atoms with Gasteiger partial charge < -0.3 is 14.2 Å². The quantitative estimate of drug-likeness (QED) is 0.420. The number of ether oxygens (including phenoxy) is 3. The van der Waals surface area contributed by atoms with Crippen LogP contribution in [0.15, 0.2) is 47.4 Å². The predicted molar refractivity (Wildman–Crippen MR) is 114 cm³/mol. The van der Waals surface area contributed by atoms with E-state index in [0.29, 0.717) is 40.0 Å². The van der Waals surface area contributed by atoms with Gasteiger partial charge in [0.1, 0.15) is 12.3 Å². The van der Waals surface area contributed by atoms with Crippen molar-refractivity contribution in [2.45, 2.75) is 20.5 Å². The van der Waals surface area contributed by atoms with Crippen molar-refractivity contribution in [1.29, 1.82) is 0 Å². The van der Waals surface area contributed by atoms with Crippen LogP contribution in [0, 0.1) is 6.92 Å². The lowest BCUT2D eigenvalue weighted by Crippen LogP contribution is -2.17. The van der Waals surface area contributed by atoms with Gasteiger partial charge in [0.15, 0.2) is 11.5 Å².